The molecule has 2 heterocycles. The minimum atomic E-state index is -0.382. The summed E-state index contributed by atoms with van der Waals surface area (Å²) in [5, 5.41) is 0.814. The fourth-order valence-electron chi connectivity index (χ4n) is 1.34. The van der Waals surface area contributed by atoms with E-state index >= 15 is 0 Å². The number of halogens is 1. The standard InChI is InChI=1S/C11H9BrN2O2/c1-2-16-11(15)8-6-7-4-3-5-13-10(7)14-9(8)12/h3-6H,2H2,1H3. The van der Waals surface area contributed by atoms with Crippen LogP contribution in [-0.4, -0.2) is 22.5 Å². The minimum Gasteiger partial charge on any atom is -0.462 e. The first-order valence-electron chi connectivity index (χ1n) is 4.80. The predicted octanol–water partition coefficient (Wildman–Crippen LogP) is 2.57. The molecular formula is C11H9BrN2O2. The van der Waals surface area contributed by atoms with Crippen molar-refractivity contribution in [3.63, 3.8) is 0 Å². The second kappa shape index (κ2) is 4.57. The molecule has 4 nitrogen and oxygen atoms in total. The maximum atomic E-state index is 11.6. The molecule has 0 N–H and O–H groups in total. The first kappa shape index (κ1) is 11.0. The lowest BCUT2D eigenvalue weighted by Gasteiger charge is -2.04. The summed E-state index contributed by atoms with van der Waals surface area (Å²) in [6, 6.07) is 5.37. The highest BCUT2D eigenvalue weighted by Crippen LogP contribution is 2.20. The first-order chi connectivity index (χ1) is 7.72. The van der Waals surface area contributed by atoms with Gasteiger partial charge in [0.1, 0.15) is 4.60 Å². The molecule has 2 aromatic heterocycles. The van der Waals surface area contributed by atoms with Crippen molar-refractivity contribution < 1.29 is 9.53 Å². The minimum absolute atomic E-state index is 0.344. The zero-order chi connectivity index (χ0) is 11.5. The Hall–Kier alpha value is -1.49. The van der Waals surface area contributed by atoms with E-state index in [2.05, 4.69) is 25.9 Å². The van der Waals surface area contributed by atoms with Crippen LogP contribution in [0, 0.1) is 0 Å². The molecule has 0 aliphatic carbocycles. The van der Waals surface area contributed by atoms with Gasteiger partial charge in [0.05, 0.1) is 12.2 Å². The van der Waals surface area contributed by atoms with E-state index in [1.54, 1.807) is 25.3 Å². The fraction of sp³-hybridized carbons (Fsp3) is 0.182. The van der Waals surface area contributed by atoms with Gasteiger partial charge in [0, 0.05) is 11.6 Å². The molecule has 0 bridgehead atoms. The van der Waals surface area contributed by atoms with E-state index in [0.29, 0.717) is 22.4 Å². The third kappa shape index (κ3) is 2.04. The Labute approximate surface area is 101 Å². The van der Waals surface area contributed by atoms with Gasteiger partial charge < -0.3 is 4.74 Å². The highest BCUT2D eigenvalue weighted by atomic mass is 79.9. The van der Waals surface area contributed by atoms with Gasteiger partial charge in [-0.15, -0.1) is 0 Å². The molecule has 5 heteroatoms. The van der Waals surface area contributed by atoms with E-state index in [0.717, 1.165) is 5.39 Å². The Balaban J connectivity index is 2.54. The van der Waals surface area contributed by atoms with Crippen molar-refractivity contribution in [1.82, 2.24) is 9.97 Å². The summed E-state index contributed by atoms with van der Waals surface area (Å²) >= 11 is 3.24. The largest absolute Gasteiger partial charge is 0.462 e. The molecule has 2 rings (SSSR count). The molecule has 0 radical (unpaired) electrons. The lowest BCUT2D eigenvalue weighted by Crippen LogP contribution is -2.06. The van der Waals surface area contributed by atoms with Gasteiger partial charge in [-0.05, 0) is 41.1 Å². The molecule has 2 aromatic rings. The summed E-state index contributed by atoms with van der Waals surface area (Å²) < 4.78 is 5.38. The van der Waals surface area contributed by atoms with Crippen molar-refractivity contribution in [2.45, 2.75) is 6.92 Å². The zero-order valence-corrected chi connectivity index (χ0v) is 10.2. The normalized spacial score (nSPS) is 10.4. The van der Waals surface area contributed by atoms with Crippen molar-refractivity contribution in [3.8, 4) is 0 Å². The average molecular weight is 281 g/mol. The summed E-state index contributed by atoms with van der Waals surface area (Å²) in [6.45, 7) is 2.11. The predicted molar refractivity (Wildman–Crippen MR) is 63.2 cm³/mol. The van der Waals surface area contributed by atoms with Crippen molar-refractivity contribution in [2.75, 3.05) is 6.61 Å². The quantitative estimate of drug-likeness (QED) is 0.627. The molecule has 16 heavy (non-hydrogen) atoms. The van der Waals surface area contributed by atoms with Crippen LogP contribution in [0.4, 0.5) is 0 Å². The number of hydrogen-bond acceptors (Lipinski definition) is 4. The van der Waals surface area contributed by atoms with Crippen LogP contribution >= 0.6 is 15.9 Å². The van der Waals surface area contributed by atoms with Gasteiger partial charge in [-0.1, -0.05) is 0 Å². The molecule has 0 atom stereocenters. The molecule has 82 valence electrons. The Morgan fingerprint density at radius 3 is 3.12 bits per heavy atom. The van der Waals surface area contributed by atoms with E-state index in [1.807, 2.05) is 6.07 Å². The topological polar surface area (TPSA) is 52.1 Å². The zero-order valence-electron chi connectivity index (χ0n) is 8.61. The van der Waals surface area contributed by atoms with Crippen LogP contribution in [0.15, 0.2) is 29.0 Å². The van der Waals surface area contributed by atoms with E-state index in [1.165, 1.54) is 0 Å². The number of nitrogens with zero attached hydrogens (tertiary/aromatic N) is 2. The molecule has 0 aliphatic heterocycles. The third-order valence-corrected chi connectivity index (χ3v) is 2.64. The molecule has 0 aliphatic rings. The summed E-state index contributed by atoms with van der Waals surface area (Å²) in [7, 11) is 0. The highest BCUT2D eigenvalue weighted by molar-refractivity contribution is 9.10. The molecule has 0 saturated heterocycles. The average Bonchev–Trinajstić information content (AvgIpc) is 2.28. The molecule has 0 amide bonds. The van der Waals surface area contributed by atoms with Crippen LogP contribution in [0.2, 0.25) is 0 Å². The summed E-state index contributed by atoms with van der Waals surface area (Å²) in [6.07, 6.45) is 1.66. The fourth-order valence-corrected chi connectivity index (χ4v) is 1.78. The lowest BCUT2D eigenvalue weighted by atomic mass is 10.2. The highest BCUT2D eigenvalue weighted by Gasteiger charge is 2.13. The summed E-state index contributed by atoms with van der Waals surface area (Å²) in [4.78, 5) is 19.9. The number of ether oxygens (including phenoxy) is 1. The molecule has 0 unspecified atom stereocenters. The van der Waals surface area contributed by atoms with Crippen molar-refractivity contribution >= 4 is 32.9 Å². The van der Waals surface area contributed by atoms with Gasteiger partial charge in [0.2, 0.25) is 0 Å². The monoisotopic (exact) mass is 280 g/mol. The van der Waals surface area contributed by atoms with E-state index < -0.39 is 0 Å². The first-order valence-corrected chi connectivity index (χ1v) is 5.60. The van der Waals surface area contributed by atoms with Crippen LogP contribution < -0.4 is 0 Å². The van der Waals surface area contributed by atoms with Crippen LogP contribution in [-0.2, 0) is 4.74 Å². The third-order valence-electron chi connectivity index (χ3n) is 2.04. The summed E-state index contributed by atoms with van der Waals surface area (Å²) in [5.74, 6) is -0.382. The Morgan fingerprint density at radius 1 is 1.56 bits per heavy atom. The van der Waals surface area contributed by atoms with Gasteiger partial charge in [-0.3, -0.25) is 0 Å². The molecule has 0 spiro atoms. The van der Waals surface area contributed by atoms with Gasteiger partial charge >= 0.3 is 5.97 Å². The Bertz CT molecular complexity index is 542. The van der Waals surface area contributed by atoms with Crippen molar-refractivity contribution in [2.24, 2.45) is 0 Å². The SMILES string of the molecule is CCOC(=O)c1cc2cccnc2nc1Br. The number of carbonyl (C=O) groups excluding carboxylic acids is 1. The number of carbonyl (C=O) groups is 1. The van der Waals surface area contributed by atoms with Crippen LogP contribution in [0.5, 0.6) is 0 Å². The van der Waals surface area contributed by atoms with Crippen molar-refractivity contribution in [1.29, 1.82) is 0 Å². The van der Waals surface area contributed by atoms with Crippen LogP contribution in [0.1, 0.15) is 17.3 Å². The number of aromatic nitrogens is 2. The molecule has 0 saturated carbocycles. The number of fused-ring (bicyclic) bond motifs is 1. The van der Waals surface area contributed by atoms with E-state index in [-0.39, 0.29) is 5.97 Å². The number of pyridine rings is 2. The van der Waals surface area contributed by atoms with Gasteiger partial charge in [0.15, 0.2) is 5.65 Å². The number of hydrogen-bond donors (Lipinski definition) is 0. The van der Waals surface area contributed by atoms with Crippen LogP contribution in [0.25, 0.3) is 11.0 Å². The Kier molecular flexibility index (Phi) is 3.14. The number of rotatable bonds is 2. The van der Waals surface area contributed by atoms with Crippen LogP contribution in [0.3, 0.4) is 0 Å². The van der Waals surface area contributed by atoms with E-state index in [9.17, 15) is 4.79 Å². The lowest BCUT2D eigenvalue weighted by molar-refractivity contribution is 0.0525. The maximum Gasteiger partial charge on any atom is 0.340 e. The maximum absolute atomic E-state index is 11.6. The second-order valence-corrected chi connectivity index (χ2v) is 3.85. The van der Waals surface area contributed by atoms with Gasteiger partial charge in [-0.25, -0.2) is 14.8 Å². The molecule has 0 fully saturated rings. The van der Waals surface area contributed by atoms with Gasteiger partial charge in [0.25, 0.3) is 0 Å². The second-order valence-electron chi connectivity index (χ2n) is 3.10. The number of esters is 1. The van der Waals surface area contributed by atoms with E-state index in [4.69, 9.17) is 4.74 Å². The summed E-state index contributed by atoms with van der Waals surface area (Å²) in [5.41, 5.74) is 1.02. The molecular weight excluding hydrogens is 272 g/mol. The van der Waals surface area contributed by atoms with Gasteiger partial charge in [-0.2, -0.15) is 0 Å². The Morgan fingerprint density at radius 2 is 2.38 bits per heavy atom. The van der Waals surface area contributed by atoms with Crippen molar-refractivity contribution in [3.05, 3.63) is 34.6 Å². The smallest absolute Gasteiger partial charge is 0.340 e. The molecule has 0 aromatic carbocycles.